The number of amides is 1. The number of unbranched alkanes of at least 4 members (excludes halogenated alkanes) is 16. The van der Waals surface area contributed by atoms with Crippen LogP contribution in [-0.4, -0.2) is 41.9 Å². The van der Waals surface area contributed by atoms with E-state index in [4.69, 9.17) is 0 Å². The van der Waals surface area contributed by atoms with E-state index in [0.29, 0.717) is 12.8 Å². The van der Waals surface area contributed by atoms with E-state index in [1.165, 1.54) is 70.6 Å². The van der Waals surface area contributed by atoms with Crippen LogP contribution in [0.2, 0.25) is 0 Å². The van der Waals surface area contributed by atoms with Gasteiger partial charge in [0, 0.05) is 6.42 Å². The Balaban J connectivity index is 4.01. The van der Waals surface area contributed by atoms with Crippen molar-refractivity contribution in [2.45, 2.75) is 174 Å². The molecule has 0 aromatic rings. The molecular formula is C35H65NO5S. The van der Waals surface area contributed by atoms with Crippen LogP contribution in [0.25, 0.3) is 0 Å². The Hall–Kier alpha value is -1.44. The molecule has 42 heavy (non-hydrogen) atoms. The van der Waals surface area contributed by atoms with Crippen molar-refractivity contribution < 1.29 is 22.9 Å². The molecule has 0 aliphatic rings. The minimum atomic E-state index is -4.31. The summed E-state index contributed by atoms with van der Waals surface area (Å²) in [6, 6.07) is -0.983. The fourth-order valence-electron chi connectivity index (χ4n) is 5.06. The first-order valence-electron chi connectivity index (χ1n) is 17.2. The normalized spacial score (nSPS) is 13.9. The van der Waals surface area contributed by atoms with Crippen molar-refractivity contribution in [3.8, 4) is 0 Å². The molecule has 0 aromatic carbocycles. The number of nitrogens with one attached hydrogen (secondary N) is 1. The number of rotatable bonds is 30. The topological polar surface area (TPSA) is 104 Å². The van der Waals surface area contributed by atoms with Crippen molar-refractivity contribution in [1.82, 2.24) is 5.32 Å². The molecule has 0 bridgehead atoms. The van der Waals surface area contributed by atoms with Gasteiger partial charge in [-0.1, -0.05) is 147 Å². The number of hydrogen-bond donors (Lipinski definition) is 3. The Morgan fingerprint density at radius 2 is 1.14 bits per heavy atom. The highest BCUT2D eigenvalue weighted by Crippen LogP contribution is 2.15. The van der Waals surface area contributed by atoms with Gasteiger partial charge in [0.1, 0.15) is 0 Å². The number of carbonyl (C=O) groups excluding carboxylic acids is 1. The van der Waals surface area contributed by atoms with Gasteiger partial charge in [0.25, 0.3) is 10.1 Å². The Labute approximate surface area is 259 Å². The summed E-state index contributed by atoms with van der Waals surface area (Å²) < 4.78 is 32.3. The lowest BCUT2D eigenvalue weighted by molar-refractivity contribution is -0.122. The third-order valence-corrected chi connectivity index (χ3v) is 8.39. The van der Waals surface area contributed by atoms with Gasteiger partial charge in [-0.3, -0.25) is 9.35 Å². The van der Waals surface area contributed by atoms with Gasteiger partial charge in [-0.05, 0) is 44.9 Å². The maximum atomic E-state index is 12.4. The summed E-state index contributed by atoms with van der Waals surface area (Å²) in [5, 5.41) is 13.3. The van der Waals surface area contributed by atoms with Gasteiger partial charge in [0.15, 0.2) is 0 Å². The van der Waals surface area contributed by atoms with Crippen molar-refractivity contribution in [3.63, 3.8) is 0 Å². The highest BCUT2D eigenvalue weighted by molar-refractivity contribution is 7.85. The van der Waals surface area contributed by atoms with E-state index in [9.17, 15) is 22.9 Å². The van der Waals surface area contributed by atoms with E-state index in [-0.39, 0.29) is 12.3 Å². The van der Waals surface area contributed by atoms with Crippen molar-refractivity contribution in [3.05, 3.63) is 36.5 Å². The lowest BCUT2D eigenvalue weighted by Crippen LogP contribution is -2.47. The SMILES string of the molecule is CC/C=C\C/C=C\C/C=C\CCCCCC(=O)NC(CS(=O)(=O)O)C(O)CCCCCCCCCCCCCCCC. The molecular weight excluding hydrogens is 546 g/mol. The summed E-state index contributed by atoms with van der Waals surface area (Å²) in [6.45, 7) is 4.38. The van der Waals surface area contributed by atoms with Crippen LogP contribution in [0.3, 0.4) is 0 Å². The second kappa shape index (κ2) is 29.6. The highest BCUT2D eigenvalue weighted by atomic mass is 32.2. The Morgan fingerprint density at radius 1 is 0.667 bits per heavy atom. The fraction of sp³-hybridized carbons (Fsp3) is 0.800. The van der Waals surface area contributed by atoms with Crippen molar-refractivity contribution >= 4 is 16.0 Å². The maximum absolute atomic E-state index is 12.4. The van der Waals surface area contributed by atoms with Gasteiger partial charge in [-0.25, -0.2) is 0 Å². The Morgan fingerprint density at radius 3 is 1.67 bits per heavy atom. The average molecular weight is 612 g/mol. The van der Waals surface area contributed by atoms with Crippen molar-refractivity contribution in [1.29, 1.82) is 0 Å². The summed E-state index contributed by atoms with van der Waals surface area (Å²) in [5.41, 5.74) is 0. The van der Waals surface area contributed by atoms with Gasteiger partial charge < -0.3 is 10.4 Å². The van der Waals surface area contributed by atoms with Crippen molar-refractivity contribution in [2.75, 3.05) is 5.75 Å². The van der Waals surface area contributed by atoms with Crippen LogP contribution in [0, 0.1) is 0 Å². The molecule has 0 saturated carbocycles. The molecule has 0 radical (unpaired) electrons. The van der Waals surface area contributed by atoms with E-state index >= 15 is 0 Å². The monoisotopic (exact) mass is 611 g/mol. The van der Waals surface area contributed by atoms with E-state index in [2.05, 4.69) is 55.6 Å². The Bertz CT molecular complexity index is 806. The molecule has 246 valence electrons. The molecule has 0 aromatic heterocycles. The second-order valence-corrected chi connectivity index (χ2v) is 13.3. The molecule has 0 spiro atoms. The molecule has 0 heterocycles. The van der Waals surface area contributed by atoms with E-state index < -0.39 is 28.0 Å². The van der Waals surface area contributed by atoms with E-state index in [0.717, 1.165) is 57.8 Å². The predicted molar refractivity (Wildman–Crippen MR) is 179 cm³/mol. The summed E-state index contributed by atoms with van der Waals surface area (Å²) in [5.74, 6) is -0.937. The quantitative estimate of drug-likeness (QED) is 0.0426. The number of carbonyl (C=O) groups is 1. The molecule has 0 fully saturated rings. The molecule has 3 N–H and O–H groups in total. The summed E-state index contributed by atoms with van der Waals surface area (Å²) in [4.78, 5) is 12.4. The third kappa shape index (κ3) is 30.0. The van der Waals surface area contributed by atoms with Crippen LogP contribution in [0.4, 0.5) is 0 Å². The number of hydrogen-bond acceptors (Lipinski definition) is 4. The van der Waals surface area contributed by atoms with Gasteiger partial charge >= 0.3 is 0 Å². The summed E-state index contributed by atoms with van der Waals surface area (Å²) >= 11 is 0. The molecule has 0 aliphatic carbocycles. The van der Waals surface area contributed by atoms with Gasteiger partial charge in [0.05, 0.1) is 17.9 Å². The zero-order chi connectivity index (χ0) is 31.2. The number of aliphatic hydroxyl groups is 1. The van der Waals surface area contributed by atoms with Crippen LogP contribution >= 0.6 is 0 Å². The maximum Gasteiger partial charge on any atom is 0.266 e. The molecule has 0 rings (SSSR count). The highest BCUT2D eigenvalue weighted by Gasteiger charge is 2.26. The second-order valence-electron chi connectivity index (χ2n) is 11.8. The minimum absolute atomic E-state index is 0.276. The first-order valence-corrected chi connectivity index (χ1v) is 18.8. The van der Waals surface area contributed by atoms with Crippen molar-refractivity contribution in [2.24, 2.45) is 0 Å². The largest absolute Gasteiger partial charge is 0.391 e. The van der Waals surface area contributed by atoms with Gasteiger partial charge in [-0.2, -0.15) is 8.42 Å². The average Bonchev–Trinajstić information content (AvgIpc) is 2.94. The predicted octanol–water partition coefficient (Wildman–Crippen LogP) is 9.40. The number of allylic oxidation sites excluding steroid dienone is 6. The fourth-order valence-corrected chi connectivity index (χ4v) is 5.81. The summed E-state index contributed by atoms with van der Waals surface area (Å²) in [7, 11) is -4.31. The molecule has 7 heteroatoms. The van der Waals surface area contributed by atoms with E-state index in [1.807, 2.05) is 0 Å². The lowest BCUT2D eigenvalue weighted by Gasteiger charge is -2.23. The summed E-state index contributed by atoms with van der Waals surface area (Å²) in [6.07, 6.45) is 36.6. The third-order valence-electron chi connectivity index (χ3n) is 7.61. The minimum Gasteiger partial charge on any atom is -0.391 e. The first-order chi connectivity index (χ1) is 20.3. The van der Waals surface area contributed by atoms with Crippen LogP contribution in [0.5, 0.6) is 0 Å². The van der Waals surface area contributed by atoms with Gasteiger partial charge in [-0.15, -0.1) is 0 Å². The van der Waals surface area contributed by atoms with E-state index in [1.54, 1.807) is 0 Å². The van der Waals surface area contributed by atoms with Crippen LogP contribution in [0.1, 0.15) is 162 Å². The van der Waals surface area contributed by atoms with Crippen LogP contribution in [-0.2, 0) is 14.9 Å². The zero-order valence-corrected chi connectivity index (χ0v) is 27.9. The smallest absolute Gasteiger partial charge is 0.266 e. The molecule has 6 nitrogen and oxygen atoms in total. The molecule has 2 unspecified atom stereocenters. The standard InChI is InChI=1S/C35H65NO5S/c1-3-5-7-9-11-13-15-17-19-20-22-24-26-28-30-34(37)33(32-42(39,40)41)36-35(38)31-29-27-25-23-21-18-16-14-12-10-8-6-4-2/h6,8,12,14,18,21,33-34,37H,3-5,7,9-11,13,15-17,19-20,22-32H2,1-2H3,(H,36,38)(H,39,40,41)/b8-6-,14-12-,21-18-. The zero-order valence-electron chi connectivity index (χ0n) is 27.1. The van der Waals surface area contributed by atoms with Gasteiger partial charge in [0.2, 0.25) is 5.91 Å². The molecule has 1 amide bonds. The molecule has 0 aliphatic heterocycles. The Kier molecular flexibility index (Phi) is 28.6. The van der Waals surface area contributed by atoms with Crippen LogP contribution < -0.4 is 5.32 Å². The lowest BCUT2D eigenvalue weighted by atomic mass is 10.0. The molecule has 0 saturated heterocycles. The first kappa shape index (κ1) is 40.6. The van der Waals surface area contributed by atoms with Crippen LogP contribution in [0.15, 0.2) is 36.5 Å². The number of aliphatic hydroxyl groups excluding tert-OH is 1. The molecule has 2 atom stereocenters.